The van der Waals surface area contributed by atoms with Crippen LogP contribution in [0.25, 0.3) is 0 Å². The van der Waals surface area contributed by atoms with Crippen molar-refractivity contribution >= 4 is 15.9 Å². The average Bonchev–Trinajstić information content (AvgIpc) is 2.47. The maximum atomic E-state index is 10.1. The Kier molecular flexibility index (Phi) is 5.59. The molecule has 0 aliphatic carbocycles. The summed E-state index contributed by atoms with van der Waals surface area (Å²) in [5.41, 5.74) is 2.03. The normalized spacial score (nSPS) is 12.2. The molecule has 2 aromatic carbocycles. The largest absolute Gasteiger partial charge is 0.489 e. The van der Waals surface area contributed by atoms with E-state index in [0.29, 0.717) is 0 Å². The van der Waals surface area contributed by atoms with Crippen molar-refractivity contribution in [2.75, 3.05) is 13.7 Å². The van der Waals surface area contributed by atoms with Gasteiger partial charge in [-0.1, -0.05) is 36.4 Å². The monoisotopic (exact) mass is 335 g/mol. The van der Waals surface area contributed by atoms with Crippen LogP contribution < -0.4 is 10.1 Å². The standard InChI is InChI=1S/C16H18BrNO2/c1-18-10-12-7-8-16(14(17)9-12)20-11-15(19)13-5-3-2-4-6-13/h2-9,15,18-19H,10-11H2,1H3. The third kappa shape index (κ3) is 4.07. The van der Waals surface area contributed by atoms with Crippen molar-refractivity contribution < 1.29 is 9.84 Å². The van der Waals surface area contributed by atoms with Crippen LogP contribution in [-0.2, 0) is 6.54 Å². The first-order chi connectivity index (χ1) is 9.70. The van der Waals surface area contributed by atoms with E-state index >= 15 is 0 Å². The summed E-state index contributed by atoms with van der Waals surface area (Å²) in [4.78, 5) is 0. The molecule has 0 aliphatic rings. The molecule has 0 heterocycles. The number of rotatable bonds is 6. The Morgan fingerprint density at radius 1 is 1.20 bits per heavy atom. The maximum absolute atomic E-state index is 10.1. The highest BCUT2D eigenvalue weighted by Gasteiger charge is 2.09. The van der Waals surface area contributed by atoms with E-state index in [1.807, 2.05) is 55.6 Å². The van der Waals surface area contributed by atoms with Gasteiger partial charge >= 0.3 is 0 Å². The van der Waals surface area contributed by atoms with Crippen molar-refractivity contribution in [3.8, 4) is 5.75 Å². The molecule has 0 fully saturated rings. The molecule has 2 N–H and O–H groups in total. The molecule has 0 saturated heterocycles. The van der Waals surface area contributed by atoms with Crippen LogP contribution in [0.1, 0.15) is 17.2 Å². The van der Waals surface area contributed by atoms with Gasteiger partial charge in [-0.3, -0.25) is 0 Å². The van der Waals surface area contributed by atoms with Crippen molar-refractivity contribution in [1.82, 2.24) is 5.32 Å². The number of halogens is 1. The Morgan fingerprint density at radius 3 is 2.60 bits per heavy atom. The van der Waals surface area contributed by atoms with E-state index in [0.717, 1.165) is 22.3 Å². The summed E-state index contributed by atoms with van der Waals surface area (Å²) in [6, 6.07) is 15.4. The number of ether oxygens (including phenoxy) is 1. The van der Waals surface area contributed by atoms with E-state index in [1.54, 1.807) is 0 Å². The Balaban J connectivity index is 1.97. The minimum atomic E-state index is -0.625. The first-order valence-electron chi connectivity index (χ1n) is 6.49. The van der Waals surface area contributed by atoms with E-state index in [2.05, 4.69) is 21.2 Å². The summed E-state index contributed by atoms with van der Waals surface area (Å²) >= 11 is 3.49. The molecule has 1 atom stereocenters. The van der Waals surface area contributed by atoms with Crippen molar-refractivity contribution in [1.29, 1.82) is 0 Å². The summed E-state index contributed by atoms with van der Waals surface area (Å²) in [7, 11) is 1.91. The number of hydrogen-bond donors (Lipinski definition) is 2. The van der Waals surface area contributed by atoms with Gasteiger partial charge < -0.3 is 15.2 Å². The predicted molar refractivity (Wildman–Crippen MR) is 83.8 cm³/mol. The molecule has 0 radical (unpaired) electrons. The summed E-state index contributed by atoms with van der Waals surface area (Å²) in [6.07, 6.45) is -0.625. The molecule has 0 saturated carbocycles. The minimum absolute atomic E-state index is 0.230. The lowest BCUT2D eigenvalue weighted by Crippen LogP contribution is -2.10. The quantitative estimate of drug-likeness (QED) is 0.851. The lowest BCUT2D eigenvalue weighted by atomic mass is 10.1. The van der Waals surface area contributed by atoms with E-state index in [1.165, 1.54) is 5.56 Å². The first kappa shape index (κ1) is 15.0. The van der Waals surface area contributed by atoms with Gasteiger partial charge in [-0.25, -0.2) is 0 Å². The van der Waals surface area contributed by atoms with Gasteiger partial charge in [-0.2, -0.15) is 0 Å². The zero-order chi connectivity index (χ0) is 14.4. The van der Waals surface area contributed by atoms with Gasteiger partial charge in [0.15, 0.2) is 0 Å². The van der Waals surface area contributed by atoms with E-state index in [9.17, 15) is 5.11 Å². The van der Waals surface area contributed by atoms with Gasteiger partial charge in [-0.05, 0) is 46.2 Å². The van der Waals surface area contributed by atoms with E-state index in [-0.39, 0.29) is 6.61 Å². The molecule has 0 bridgehead atoms. The summed E-state index contributed by atoms with van der Waals surface area (Å²) in [6.45, 7) is 1.04. The molecule has 1 unspecified atom stereocenters. The fourth-order valence-electron chi connectivity index (χ4n) is 1.92. The molecule has 0 aliphatic heterocycles. The Bertz CT molecular complexity index is 545. The molecule has 2 aromatic rings. The summed E-state index contributed by atoms with van der Waals surface area (Å²) < 4.78 is 6.56. The van der Waals surface area contributed by atoms with Crippen molar-refractivity contribution in [3.63, 3.8) is 0 Å². The number of aliphatic hydroxyl groups excluding tert-OH is 1. The second-order valence-electron chi connectivity index (χ2n) is 4.53. The van der Waals surface area contributed by atoms with Crippen LogP contribution in [-0.4, -0.2) is 18.8 Å². The minimum Gasteiger partial charge on any atom is -0.489 e. The molecule has 4 heteroatoms. The van der Waals surface area contributed by atoms with Gasteiger partial charge in [0.1, 0.15) is 18.5 Å². The summed E-state index contributed by atoms with van der Waals surface area (Å²) in [5.74, 6) is 0.736. The molecule has 0 spiro atoms. The maximum Gasteiger partial charge on any atom is 0.133 e. The van der Waals surface area contributed by atoms with Gasteiger partial charge in [0.25, 0.3) is 0 Å². The SMILES string of the molecule is CNCc1ccc(OCC(O)c2ccccc2)c(Br)c1. The highest BCUT2D eigenvalue weighted by atomic mass is 79.9. The second-order valence-corrected chi connectivity index (χ2v) is 5.39. The van der Waals surface area contributed by atoms with Crippen molar-refractivity contribution in [2.24, 2.45) is 0 Å². The molecule has 3 nitrogen and oxygen atoms in total. The lowest BCUT2D eigenvalue weighted by molar-refractivity contribution is 0.108. The Morgan fingerprint density at radius 2 is 1.95 bits per heavy atom. The van der Waals surface area contributed by atoms with Gasteiger partial charge in [-0.15, -0.1) is 0 Å². The zero-order valence-electron chi connectivity index (χ0n) is 11.3. The van der Waals surface area contributed by atoms with Gasteiger partial charge in [0.2, 0.25) is 0 Å². The fourth-order valence-corrected chi connectivity index (χ4v) is 2.46. The molecule has 2 rings (SSSR count). The van der Waals surface area contributed by atoms with E-state index < -0.39 is 6.10 Å². The van der Waals surface area contributed by atoms with Crippen LogP contribution in [0.4, 0.5) is 0 Å². The highest BCUT2D eigenvalue weighted by molar-refractivity contribution is 9.10. The van der Waals surface area contributed by atoms with Crippen LogP contribution in [0.3, 0.4) is 0 Å². The number of hydrogen-bond acceptors (Lipinski definition) is 3. The Labute approximate surface area is 127 Å². The third-order valence-electron chi connectivity index (χ3n) is 2.96. The van der Waals surface area contributed by atoms with Crippen LogP contribution in [0.5, 0.6) is 5.75 Å². The highest BCUT2D eigenvalue weighted by Crippen LogP contribution is 2.27. The lowest BCUT2D eigenvalue weighted by Gasteiger charge is -2.14. The van der Waals surface area contributed by atoms with E-state index in [4.69, 9.17) is 4.74 Å². The molecule has 0 aromatic heterocycles. The summed E-state index contributed by atoms with van der Waals surface area (Å²) in [5, 5.41) is 13.2. The Hall–Kier alpha value is -1.36. The second kappa shape index (κ2) is 7.43. The van der Waals surface area contributed by atoms with Crippen LogP contribution >= 0.6 is 15.9 Å². The molecule has 0 amide bonds. The molecule has 20 heavy (non-hydrogen) atoms. The first-order valence-corrected chi connectivity index (χ1v) is 7.29. The van der Waals surface area contributed by atoms with Crippen LogP contribution in [0, 0.1) is 0 Å². The predicted octanol–water partition coefficient (Wildman–Crippen LogP) is 3.28. The van der Waals surface area contributed by atoms with Crippen LogP contribution in [0.15, 0.2) is 53.0 Å². The van der Waals surface area contributed by atoms with Gasteiger partial charge in [0, 0.05) is 6.54 Å². The molecular formula is C16H18BrNO2. The molecule has 106 valence electrons. The third-order valence-corrected chi connectivity index (χ3v) is 3.58. The number of benzene rings is 2. The number of aliphatic hydroxyl groups is 1. The van der Waals surface area contributed by atoms with Crippen molar-refractivity contribution in [2.45, 2.75) is 12.6 Å². The topological polar surface area (TPSA) is 41.5 Å². The van der Waals surface area contributed by atoms with Crippen molar-refractivity contribution in [3.05, 3.63) is 64.1 Å². The number of nitrogens with one attached hydrogen (secondary N) is 1. The zero-order valence-corrected chi connectivity index (χ0v) is 12.9. The average molecular weight is 336 g/mol. The smallest absolute Gasteiger partial charge is 0.133 e. The van der Waals surface area contributed by atoms with Crippen LogP contribution in [0.2, 0.25) is 0 Å². The fraction of sp³-hybridized carbons (Fsp3) is 0.250. The molecular weight excluding hydrogens is 318 g/mol. The van der Waals surface area contributed by atoms with Gasteiger partial charge in [0.05, 0.1) is 4.47 Å².